The number of carbonyl (C=O) groups is 3. The third-order valence-corrected chi connectivity index (χ3v) is 3.57. The lowest BCUT2D eigenvalue weighted by molar-refractivity contribution is -0.378. The van der Waals surface area contributed by atoms with Crippen LogP contribution in [0.4, 0.5) is 4.79 Å². The lowest BCUT2D eigenvalue weighted by Crippen LogP contribution is -2.30. The number of nitrogens with zero attached hydrogens (tertiary/aromatic N) is 1. The summed E-state index contributed by atoms with van der Waals surface area (Å²) in [4.78, 5) is 38.4. The summed E-state index contributed by atoms with van der Waals surface area (Å²) >= 11 is 0.857. The summed E-state index contributed by atoms with van der Waals surface area (Å²) in [5.74, 6) is -1.57. The average Bonchev–Trinajstić information content (AvgIpc) is 2.67. The van der Waals surface area contributed by atoms with Crippen LogP contribution in [-0.4, -0.2) is 28.6 Å². The minimum atomic E-state index is -1.19. The molecular weight excluding hydrogens is 280 g/mol. The molecule has 20 heavy (non-hydrogen) atoms. The summed E-state index contributed by atoms with van der Waals surface area (Å²) in [7, 11) is 0. The van der Waals surface area contributed by atoms with Gasteiger partial charge in [0.1, 0.15) is 0 Å². The molecule has 1 aliphatic heterocycles. The second kappa shape index (κ2) is 6.33. The maximum atomic E-state index is 12.0. The highest BCUT2D eigenvalue weighted by Gasteiger charge is 2.34. The molecule has 2 heterocycles. The van der Waals surface area contributed by atoms with Crippen LogP contribution in [-0.2, 0) is 9.59 Å². The van der Waals surface area contributed by atoms with Gasteiger partial charge >= 0.3 is 0 Å². The number of rotatable bonds is 5. The Bertz CT molecular complexity index is 571. The topological polar surface area (TPSA) is 91.7 Å². The summed E-state index contributed by atoms with van der Waals surface area (Å²) in [6.45, 7) is 0.0941. The van der Waals surface area contributed by atoms with Crippen molar-refractivity contribution in [1.82, 2.24) is 4.90 Å². The molecule has 0 radical (unpaired) electrons. The molecule has 0 saturated carbocycles. The number of aromatic amines is 1. The molecule has 1 aromatic rings. The fourth-order valence-electron chi connectivity index (χ4n) is 1.72. The summed E-state index contributed by atoms with van der Waals surface area (Å²) in [5, 5.41) is 9.95. The molecule has 104 valence electrons. The van der Waals surface area contributed by atoms with Gasteiger partial charge in [0.05, 0.1) is 4.91 Å². The van der Waals surface area contributed by atoms with Crippen molar-refractivity contribution in [3.05, 3.63) is 35.0 Å². The molecule has 0 aromatic carbocycles. The van der Waals surface area contributed by atoms with E-state index in [1.54, 1.807) is 30.6 Å². The third kappa shape index (κ3) is 3.45. The van der Waals surface area contributed by atoms with Crippen LogP contribution >= 0.6 is 11.8 Å². The molecule has 1 aromatic heterocycles. The van der Waals surface area contributed by atoms with Gasteiger partial charge in [0.15, 0.2) is 12.4 Å². The first-order valence-corrected chi connectivity index (χ1v) is 6.81. The van der Waals surface area contributed by atoms with Crippen LogP contribution in [0.5, 0.6) is 0 Å². The van der Waals surface area contributed by atoms with Gasteiger partial charge in [-0.1, -0.05) is 0 Å². The van der Waals surface area contributed by atoms with Gasteiger partial charge in [-0.3, -0.25) is 14.5 Å². The highest BCUT2D eigenvalue weighted by Crippen LogP contribution is 2.32. The van der Waals surface area contributed by atoms with Crippen LogP contribution in [0.15, 0.2) is 29.4 Å². The average molecular weight is 292 g/mol. The lowest BCUT2D eigenvalue weighted by atomic mass is 10.2. The van der Waals surface area contributed by atoms with Crippen LogP contribution in [0.1, 0.15) is 18.4 Å². The molecule has 0 aliphatic carbocycles. The van der Waals surface area contributed by atoms with Gasteiger partial charge < -0.3 is 9.90 Å². The van der Waals surface area contributed by atoms with Gasteiger partial charge in [-0.25, -0.2) is 4.98 Å². The van der Waals surface area contributed by atoms with Crippen molar-refractivity contribution in [3.8, 4) is 0 Å². The zero-order chi connectivity index (χ0) is 14.5. The molecule has 6 nitrogen and oxygen atoms in total. The number of nitrogens with one attached hydrogen (secondary N) is 1. The van der Waals surface area contributed by atoms with Crippen molar-refractivity contribution in [2.24, 2.45) is 0 Å². The standard InChI is InChI=1S/C13H12N2O4S/c16-11(17)4-2-6-15-12(18)10(20-13(15)19)7-9-3-1-5-14-8-9/h1,3,5,7-8H,2,4,6H2,(H,16,17)/b10-7-. The molecule has 2 rings (SSSR count). The van der Waals surface area contributed by atoms with Crippen molar-refractivity contribution in [2.45, 2.75) is 12.8 Å². The Morgan fingerprint density at radius 2 is 2.25 bits per heavy atom. The van der Waals surface area contributed by atoms with Crippen LogP contribution in [0.3, 0.4) is 0 Å². The minimum Gasteiger partial charge on any atom is -0.550 e. The Balaban J connectivity index is 2.05. The van der Waals surface area contributed by atoms with Crippen LogP contribution in [0, 0.1) is 0 Å². The van der Waals surface area contributed by atoms with Crippen LogP contribution in [0.25, 0.3) is 6.08 Å². The predicted molar refractivity (Wildman–Crippen MR) is 69.9 cm³/mol. The summed E-state index contributed by atoms with van der Waals surface area (Å²) < 4.78 is 0. The van der Waals surface area contributed by atoms with Crippen molar-refractivity contribution >= 4 is 35.0 Å². The Labute approximate surface area is 119 Å². The number of aromatic nitrogens is 1. The molecule has 7 heteroatoms. The largest absolute Gasteiger partial charge is 0.550 e. The Morgan fingerprint density at radius 3 is 2.90 bits per heavy atom. The lowest BCUT2D eigenvalue weighted by Gasteiger charge is -2.11. The number of pyridine rings is 1. The Hall–Kier alpha value is -2.15. The van der Waals surface area contributed by atoms with E-state index in [-0.39, 0.29) is 30.5 Å². The smallest absolute Gasteiger partial charge is 0.293 e. The van der Waals surface area contributed by atoms with Crippen molar-refractivity contribution in [1.29, 1.82) is 0 Å². The first kappa shape index (κ1) is 14.3. The van der Waals surface area contributed by atoms with E-state index >= 15 is 0 Å². The molecule has 1 saturated heterocycles. The molecule has 2 amide bonds. The molecular formula is C13H12N2O4S. The summed E-state index contributed by atoms with van der Waals surface area (Å²) in [6.07, 6.45) is 5.11. The SMILES string of the molecule is O=C([O-])CCCN1C(=O)S/C(=C\c2ccc[nH+]c2)C1=O. The monoisotopic (exact) mass is 292 g/mol. The molecule has 1 N–H and O–H groups in total. The Morgan fingerprint density at radius 1 is 1.45 bits per heavy atom. The van der Waals surface area contributed by atoms with E-state index in [1.807, 2.05) is 0 Å². The van der Waals surface area contributed by atoms with E-state index in [1.165, 1.54) is 0 Å². The number of imide groups is 1. The summed E-state index contributed by atoms with van der Waals surface area (Å²) in [6, 6.07) is 3.59. The molecule has 0 bridgehead atoms. The van der Waals surface area contributed by atoms with Crippen molar-refractivity contribution < 1.29 is 24.5 Å². The van der Waals surface area contributed by atoms with E-state index in [9.17, 15) is 19.5 Å². The normalized spacial score (nSPS) is 17.0. The third-order valence-electron chi connectivity index (χ3n) is 2.67. The molecule has 1 fully saturated rings. The number of hydrogen-bond donors (Lipinski definition) is 0. The highest BCUT2D eigenvalue weighted by atomic mass is 32.2. The first-order chi connectivity index (χ1) is 9.58. The van der Waals surface area contributed by atoms with Gasteiger partial charge in [0.2, 0.25) is 0 Å². The molecule has 1 aliphatic rings. The maximum Gasteiger partial charge on any atom is 0.293 e. The number of aliphatic carboxylic acids is 1. The molecule has 0 unspecified atom stereocenters. The maximum absolute atomic E-state index is 12.0. The van der Waals surface area contributed by atoms with E-state index in [4.69, 9.17) is 0 Å². The van der Waals surface area contributed by atoms with E-state index in [2.05, 4.69) is 4.98 Å². The summed E-state index contributed by atoms with van der Waals surface area (Å²) in [5.41, 5.74) is 0.785. The number of H-pyrrole nitrogens is 1. The van der Waals surface area contributed by atoms with E-state index < -0.39 is 5.97 Å². The minimum absolute atomic E-state index is 0.0941. The van der Waals surface area contributed by atoms with Crippen molar-refractivity contribution in [2.75, 3.05) is 6.54 Å². The molecule has 0 atom stereocenters. The predicted octanol–water partition coefficient (Wildman–Crippen LogP) is 0.0671. The fourth-order valence-corrected chi connectivity index (χ4v) is 2.59. The Kier molecular flexibility index (Phi) is 4.52. The van der Waals surface area contributed by atoms with Crippen molar-refractivity contribution in [3.63, 3.8) is 0 Å². The number of hydrogen-bond acceptors (Lipinski definition) is 5. The van der Waals surface area contributed by atoms with E-state index in [0.717, 1.165) is 22.2 Å². The van der Waals surface area contributed by atoms with Gasteiger partial charge in [-0.2, -0.15) is 0 Å². The van der Waals surface area contributed by atoms with Gasteiger partial charge in [-0.15, -0.1) is 0 Å². The number of carboxylic acids is 1. The van der Waals surface area contributed by atoms with Gasteiger partial charge in [0.25, 0.3) is 11.1 Å². The highest BCUT2D eigenvalue weighted by molar-refractivity contribution is 8.18. The molecule has 0 spiro atoms. The van der Waals surface area contributed by atoms with E-state index in [0.29, 0.717) is 4.91 Å². The quantitative estimate of drug-likeness (QED) is 0.716. The number of carbonyl (C=O) groups excluding carboxylic acids is 3. The van der Waals surface area contributed by atoms with Gasteiger partial charge in [0, 0.05) is 24.1 Å². The van der Waals surface area contributed by atoms with Crippen LogP contribution in [0.2, 0.25) is 0 Å². The first-order valence-electron chi connectivity index (χ1n) is 5.99. The number of amides is 2. The number of thioether (sulfide) groups is 1. The second-order valence-corrected chi connectivity index (χ2v) is 5.14. The second-order valence-electron chi connectivity index (χ2n) is 4.15. The zero-order valence-corrected chi connectivity index (χ0v) is 11.3. The fraction of sp³-hybridized carbons (Fsp3) is 0.231. The van der Waals surface area contributed by atoms with Gasteiger partial charge in [-0.05, 0) is 36.7 Å². The zero-order valence-electron chi connectivity index (χ0n) is 10.5. The number of carboxylic acid groups (broad SMARTS) is 1. The van der Waals surface area contributed by atoms with Crippen LogP contribution < -0.4 is 10.1 Å².